The fourth-order valence-corrected chi connectivity index (χ4v) is 9.33. The summed E-state index contributed by atoms with van der Waals surface area (Å²) in [4.78, 5) is 48.7. The molecular formula is C32H43N3O5S. The highest BCUT2D eigenvalue weighted by Gasteiger charge is 2.74. The average molecular weight is 582 g/mol. The van der Waals surface area contributed by atoms with Crippen molar-refractivity contribution in [3.05, 3.63) is 48.6 Å². The smallest absolute Gasteiger partial charge is 0.247 e. The van der Waals surface area contributed by atoms with E-state index in [0.29, 0.717) is 32.7 Å². The first-order chi connectivity index (χ1) is 19.8. The lowest BCUT2D eigenvalue weighted by Crippen LogP contribution is -2.56. The Labute approximate surface area is 247 Å². The molecule has 1 aromatic rings. The number of carbonyl (C=O) groups is 3. The van der Waals surface area contributed by atoms with Crippen LogP contribution in [0.4, 0.5) is 5.69 Å². The van der Waals surface area contributed by atoms with Crippen LogP contribution in [0.2, 0.25) is 0 Å². The Balaban J connectivity index is 1.57. The van der Waals surface area contributed by atoms with Gasteiger partial charge in [0.05, 0.1) is 35.8 Å². The van der Waals surface area contributed by atoms with Gasteiger partial charge in [-0.1, -0.05) is 51.0 Å². The molecule has 4 aliphatic rings. The summed E-state index contributed by atoms with van der Waals surface area (Å²) in [7, 11) is 0. The third-order valence-electron chi connectivity index (χ3n) is 9.14. The summed E-state index contributed by atoms with van der Waals surface area (Å²) in [5.41, 5.74) is 0.744. The molecule has 4 aliphatic heterocycles. The zero-order valence-electron chi connectivity index (χ0n) is 24.6. The number of anilines is 1. The number of rotatable bonds is 10. The second-order valence-electron chi connectivity index (χ2n) is 11.7. The van der Waals surface area contributed by atoms with E-state index in [-0.39, 0.29) is 24.3 Å². The van der Waals surface area contributed by atoms with Gasteiger partial charge in [0.1, 0.15) is 11.8 Å². The lowest BCUT2D eigenvalue weighted by molar-refractivity contribution is -0.145. The lowest BCUT2D eigenvalue weighted by atomic mass is 9.74. The molecule has 9 heteroatoms. The topological polar surface area (TPSA) is 90.4 Å². The van der Waals surface area contributed by atoms with Crippen LogP contribution < -0.4 is 9.64 Å². The van der Waals surface area contributed by atoms with Crippen LogP contribution in [0.3, 0.4) is 0 Å². The number of likely N-dealkylation sites (tertiary alicyclic amines) is 1. The van der Waals surface area contributed by atoms with E-state index < -0.39 is 33.4 Å². The number of aliphatic hydroxyl groups excluding tert-OH is 1. The number of aliphatic hydroxyl groups is 1. The number of carbonyl (C=O) groups excluding carboxylic acids is 3. The molecular weight excluding hydrogens is 538 g/mol. The molecule has 2 fully saturated rings. The van der Waals surface area contributed by atoms with Gasteiger partial charge in [0, 0.05) is 30.1 Å². The van der Waals surface area contributed by atoms with Crippen molar-refractivity contribution in [3.63, 3.8) is 0 Å². The largest absolute Gasteiger partial charge is 0.494 e. The third kappa shape index (κ3) is 4.88. The Bertz CT molecular complexity index is 1210. The summed E-state index contributed by atoms with van der Waals surface area (Å²) in [5.74, 6) is -1.06. The average Bonchev–Trinajstić information content (AvgIpc) is 3.23. The van der Waals surface area contributed by atoms with E-state index in [2.05, 4.69) is 19.1 Å². The van der Waals surface area contributed by atoms with E-state index >= 15 is 0 Å². The molecule has 1 spiro atoms. The van der Waals surface area contributed by atoms with Crippen LogP contribution in [0, 0.1) is 11.8 Å². The van der Waals surface area contributed by atoms with Crippen molar-refractivity contribution in [2.24, 2.45) is 11.8 Å². The first kappa shape index (κ1) is 29.7. The normalized spacial score (nSPS) is 31.6. The van der Waals surface area contributed by atoms with Crippen molar-refractivity contribution in [2.45, 2.75) is 75.0 Å². The fraction of sp³-hybridized carbons (Fsp3) is 0.594. The molecule has 4 heterocycles. The van der Waals surface area contributed by atoms with Crippen molar-refractivity contribution >= 4 is 35.2 Å². The Morgan fingerprint density at radius 3 is 2.37 bits per heavy atom. The van der Waals surface area contributed by atoms with Crippen molar-refractivity contribution in [1.82, 2.24) is 9.80 Å². The van der Waals surface area contributed by atoms with E-state index in [1.807, 2.05) is 62.1 Å². The number of nitrogens with zero attached hydrogens (tertiary/aromatic N) is 3. The van der Waals surface area contributed by atoms with E-state index in [0.717, 1.165) is 30.7 Å². The number of amides is 3. The van der Waals surface area contributed by atoms with Crippen LogP contribution in [-0.4, -0.2) is 87.1 Å². The first-order valence-corrected chi connectivity index (χ1v) is 15.9. The van der Waals surface area contributed by atoms with Gasteiger partial charge >= 0.3 is 0 Å². The highest BCUT2D eigenvalue weighted by Crippen LogP contribution is 2.66. The minimum atomic E-state index is -0.905. The van der Waals surface area contributed by atoms with Crippen molar-refractivity contribution in [1.29, 1.82) is 0 Å². The molecule has 222 valence electrons. The number of fused-ring (bicyclic) bond motifs is 2. The van der Waals surface area contributed by atoms with Gasteiger partial charge in [0.25, 0.3) is 0 Å². The summed E-state index contributed by atoms with van der Waals surface area (Å²) in [5, 5.41) is 10.3. The van der Waals surface area contributed by atoms with Crippen molar-refractivity contribution in [2.75, 3.05) is 37.7 Å². The molecule has 41 heavy (non-hydrogen) atoms. The highest BCUT2D eigenvalue weighted by atomic mass is 32.2. The molecule has 0 bridgehead atoms. The first-order valence-electron chi connectivity index (χ1n) is 15.1. The standard InChI is InChI=1S/C32H43N3O5S/c1-5-8-9-18-33-19-11-17-32-26(29(38)35(22(6-2)21-36)27(32)30(33)39)25-28(37)34(20-10-16-31(25,4)41-32)23-12-14-24(15-13-23)40-7-3/h10-17,22,25-27,36H,5-9,18-21H2,1-4H3/t22-,25-,26-,27?,31+,32-/m0/s1. The molecule has 8 nitrogen and oxygen atoms in total. The molecule has 0 radical (unpaired) electrons. The van der Waals surface area contributed by atoms with E-state index in [4.69, 9.17) is 4.74 Å². The molecule has 0 saturated carbocycles. The summed E-state index contributed by atoms with van der Waals surface area (Å²) in [6, 6.07) is 6.21. The van der Waals surface area contributed by atoms with Gasteiger partial charge in [-0.15, -0.1) is 11.8 Å². The van der Waals surface area contributed by atoms with Gasteiger partial charge in [0.2, 0.25) is 17.7 Å². The molecule has 3 amide bonds. The van der Waals surface area contributed by atoms with Crippen LogP contribution >= 0.6 is 11.8 Å². The second kappa shape index (κ2) is 11.8. The minimum Gasteiger partial charge on any atom is -0.494 e. The summed E-state index contributed by atoms with van der Waals surface area (Å²) >= 11 is 1.58. The van der Waals surface area contributed by atoms with Gasteiger partial charge < -0.3 is 24.5 Å². The maximum Gasteiger partial charge on any atom is 0.247 e. The molecule has 5 rings (SSSR count). The number of hydrogen-bond acceptors (Lipinski definition) is 6. The molecule has 6 atom stereocenters. The Morgan fingerprint density at radius 1 is 0.976 bits per heavy atom. The number of unbranched alkanes of at least 4 members (excludes halogenated alkanes) is 2. The van der Waals surface area contributed by atoms with Crippen molar-refractivity contribution in [3.8, 4) is 5.75 Å². The fourth-order valence-electron chi connectivity index (χ4n) is 7.19. The quantitative estimate of drug-likeness (QED) is 0.332. The van der Waals surface area contributed by atoms with Crippen LogP contribution in [0.1, 0.15) is 53.4 Å². The summed E-state index contributed by atoms with van der Waals surface area (Å²) < 4.78 is 4.02. The van der Waals surface area contributed by atoms with Gasteiger partial charge in [0.15, 0.2) is 0 Å². The van der Waals surface area contributed by atoms with Gasteiger partial charge in [-0.3, -0.25) is 14.4 Å². The van der Waals surface area contributed by atoms with Gasteiger partial charge in [-0.05, 0) is 51.0 Å². The monoisotopic (exact) mass is 581 g/mol. The Hall–Kier alpha value is -2.78. The molecule has 2 saturated heterocycles. The maximum absolute atomic E-state index is 14.5. The third-order valence-corrected chi connectivity index (χ3v) is 10.9. The Kier molecular flexibility index (Phi) is 8.58. The second-order valence-corrected chi connectivity index (χ2v) is 13.5. The lowest BCUT2D eigenvalue weighted by Gasteiger charge is -2.39. The number of benzene rings is 1. The van der Waals surface area contributed by atoms with E-state index in [1.54, 1.807) is 21.6 Å². The zero-order chi connectivity index (χ0) is 29.4. The van der Waals surface area contributed by atoms with Crippen LogP contribution in [0.25, 0.3) is 0 Å². The maximum atomic E-state index is 14.5. The zero-order valence-corrected chi connectivity index (χ0v) is 25.4. The molecule has 0 aromatic heterocycles. The summed E-state index contributed by atoms with van der Waals surface area (Å²) in [6.45, 7) is 9.86. The van der Waals surface area contributed by atoms with Crippen LogP contribution in [-0.2, 0) is 14.4 Å². The van der Waals surface area contributed by atoms with E-state index in [9.17, 15) is 19.5 Å². The predicted molar refractivity (Wildman–Crippen MR) is 162 cm³/mol. The molecule has 0 aliphatic carbocycles. The van der Waals surface area contributed by atoms with Crippen molar-refractivity contribution < 1.29 is 24.2 Å². The molecule has 1 unspecified atom stereocenters. The Morgan fingerprint density at radius 2 is 1.71 bits per heavy atom. The minimum absolute atomic E-state index is 0.0822. The van der Waals surface area contributed by atoms with Crippen LogP contribution in [0.5, 0.6) is 5.75 Å². The predicted octanol–water partition coefficient (Wildman–Crippen LogP) is 4.04. The summed E-state index contributed by atoms with van der Waals surface area (Å²) in [6.07, 6.45) is 11.7. The highest BCUT2D eigenvalue weighted by molar-refractivity contribution is 8.02. The van der Waals surface area contributed by atoms with Gasteiger partial charge in [-0.2, -0.15) is 0 Å². The number of hydrogen-bond donors (Lipinski definition) is 1. The van der Waals surface area contributed by atoms with Gasteiger partial charge in [-0.25, -0.2) is 0 Å². The van der Waals surface area contributed by atoms with E-state index in [1.165, 1.54) is 0 Å². The molecule has 1 aromatic carbocycles. The SMILES string of the molecule is CCCCCN1CC=C[C@]23S[C@]4(C)C=CCN(c5ccc(OCC)cc5)C(=O)[C@@H]4[C@H]2C(=O)N([C@@H](CC)CO)C3C1=O. The number of thioether (sulfide) groups is 1. The van der Waals surface area contributed by atoms with Crippen LogP contribution in [0.15, 0.2) is 48.6 Å². The number of ether oxygens (including phenoxy) is 1. The molecule has 1 N–H and O–H groups in total.